The second-order valence-electron chi connectivity index (χ2n) is 5.95. The number of amides is 1. The van der Waals surface area contributed by atoms with Gasteiger partial charge in [-0.3, -0.25) is 14.9 Å². The molecule has 1 amide bonds. The number of aromatic nitrogens is 2. The van der Waals surface area contributed by atoms with Crippen LogP contribution in [0.2, 0.25) is 0 Å². The molecule has 1 aromatic heterocycles. The number of nitro benzene ring substituents is 1. The molecule has 0 saturated carbocycles. The Labute approximate surface area is 150 Å². The van der Waals surface area contributed by atoms with Crippen LogP contribution in [0, 0.1) is 30.9 Å². The summed E-state index contributed by atoms with van der Waals surface area (Å²) in [5.41, 5.74) is 3.47. The molecule has 0 aliphatic heterocycles. The molecule has 0 spiro atoms. The summed E-state index contributed by atoms with van der Waals surface area (Å²) in [6.07, 6.45) is 0. The smallest absolute Gasteiger partial charge is 0.273 e. The van der Waals surface area contributed by atoms with Crippen LogP contribution in [0.25, 0.3) is 5.69 Å². The summed E-state index contributed by atoms with van der Waals surface area (Å²) < 4.78 is 1.76. The third-order valence-corrected chi connectivity index (χ3v) is 4.28. The maximum Gasteiger partial charge on any atom is 0.273 e. The Balaban J connectivity index is 1.95. The number of carbonyl (C=O) groups excluding carboxylic acids is 1. The maximum atomic E-state index is 12.7. The summed E-state index contributed by atoms with van der Waals surface area (Å²) >= 11 is 0. The van der Waals surface area contributed by atoms with E-state index in [0.29, 0.717) is 16.9 Å². The van der Waals surface area contributed by atoms with Crippen molar-refractivity contribution in [3.05, 3.63) is 81.2 Å². The average molecular weight is 350 g/mol. The molecule has 0 atom stereocenters. The monoisotopic (exact) mass is 350 g/mol. The molecule has 2 aromatic carbocycles. The maximum absolute atomic E-state index is 12.7. The van der Waals surface area contributed by atoms with Gasteiger partial charge in [-0.25, -0.2) is 4.68 Å². The van der Waals surface area contributed by atoms with Crippen molar-refractivity contribution < 1.29 is 9.72 Å². The van der Waals surface area contributed by atoms with Crippen LogP contribution in [-0.2, 0) is 0 Å². The molecule has 3 aromatic rings. The van der Waals surface area contributed by atoms with E-state index in [9.17, 15) is 14.9 Å². The molecule has 0 fully saturated rings. The van der Waals surface area contributed by atoms with E-state index < -0.39 is 10.8 Å². The molecule has 0 unspecified atom stereocenters. The van der Waals surface area contributed by atoms with Gasteiger partial charge in [-0.1, -0.05) is 24.3 Å². The molecule has 3 rings (SSSR count). The highest BCUT2D eigenvalue weighted by molar-refractivity contribution is 6.06. The lowest BCUT2D eigenvalue weighted by Crippen LogP contribution is -2.15. The van der Waals surface area contributed by atoms with Crippen molar-refractivity contribution in [2.45, 2.75) is 20.8 Å². The molecule has 0 saturated heterocycles. The van der Waals surface area contributed by atoms with Gasteiger partial charge in [0.25, 0.3) is 11.6 Å². The second-order valence-corrected chi connectivity index (χ2v) is 5.95. The Morgan fingerprint density at radius 3 is 2.42 bits per heavy atom. The molecular formula is C19H18N4O3. The Kier molecular flexibility index (Phi) is 4.53. The second kappa shape index (κ2) is 6.79. The van der Waals surface area contributed by atoms with Crippen LogP contribution < -0.4 is 5.32 Å². The first-order valence-corrected chi connectivity index (χ1v) is 8.07. The summed E-state index contributed by atoms with van der Waals surface area (Å²) in [7, 11) is 0. The molecule has 1 heterocycles. The minimum Gasteiger partial charge on any atom is -0.319 e. The topological polar surface area (TPSA) is 90.1 Å². The molecule has 0 aliphatic rings. The van der Waals surface area contributed by atoms with Crippen LogP contribution in [0.5, 0.6) is 0 Å². The van der Waals surface area contributed by atoms with E-state index in [0.717, 1.165) is 11.4 Å². The number of nitrogens with zero attached hydrogens (tertiary/aromatic N) is 3. The fourth-order valence-electron chi connectivity index (χ4n) is 2.89. The summed E-state index contributed by atoms with van der Waals surface area (Å²) in [5.74, 6) is -0.398. The van der Waals surface area contributed by atoms with E-state index in [-0.39, 0.29) is 11.3 Å². The van der Waals surface area contributed by atoms with Gasteiger partial charge in [0, 0.05) is 17.2 Å². The van der Waals surface area contributed by atoms with Gasteiger partial charge in [0.15, 0.2) is 0 Å². The van der Waals surface area contributed by atoms with Crippen molar-refractivity contribution >= 4 is 17.3 Å². The number of hydrogen-bond acceptors (Lipinski definition) is 4. The van der Waals surface area contributed by atoms with Crippen LogP contribution in [0.15, 0.2) is 48.5 Å². The van der Waals surface area contributed by atoms with Crippen molar-refractivity contribution in [2.75, 3.05) is 5.32 Å². The van der Waals surface area contributed by atoms with Gasteiger partial charge in [0.05, 0.1) is 27.7 Å². The van der Waals surface area contributed by atoms with Gasteiger partial charge in [-0.05, 0) is 39.0 Å². The van der Waals surface area contributed by atoms with Gasteiger partial charge >= 0.3 is 0 Å². The fraction of sp³-hybridized carbons (Fsp3) is 0.158. The minimum atomic E-state index is -0.490. The van der Waals surface area contributed by atoms with Gasteiger partial charge in [0.1, 0.15) is 0 Å². The lowest BCUT2D eigenvalue weighted by atomic mass is 10.1. The Morgan fingerprint density at radius 2 is 1.77 bits per heavy atom. The summed E-state index contributed by atoms with van der Waals surface area (Å²) in [4.78, 5) is 23.3. The summed E-state index contributed by atoms with van der Waals surface area (Å²) in [6, 6.07) is 14.1. The molecule has 7 heteroatoms. The number of anilines is 1. The zero-order valence-corrected chi connectivity index (χ0v) is 14.7. The first-order chi connectivity index (χ1) is 12.4. The number of nitrogens with one attached hydrogen (secondary N) is 1. The normalized spacial score (nSPS) is 10.6. The van der Waals surface area contributed by atoms with Crippen LogP contribution in [0.3, 0.4) is 0 Å². The highest BCUT2D eigenvalue weighted by atomic mass is 16.6. The number of carbonyl (C=O) groups is 1. The summed E-state index contributed by atoms with van der Waals surface area (Å²) in [5, 5.41) is 18.4. The summed E-state index contributed by atoms with van der Waals surface area (Å²) in [6.45, 7) is 5.24. The van der Waals surface area contributed by atoms with Crippen molar-refractivity contribution in [3.8, 4) is 5.69 Å². The Bertz CT molecular complexity index is 994. The number of aryl methyl sites for hydroxylation is 1. The lowest BCUT2D eigenvalue weighted by Gasteiger charge is -2.09. The highest BCUT2D eigenvalue weighted by Crippen LogP contribution is 2.26. The molecular weight excluding hydrogens is 332 g/mol. The number of benzene rings is 2. The van der Waals surface area contributed by atoms with E-state index in [4.69, 9.17) is 0 Å². The standard InChI is InChI=1S/C19H18N4O3/c1-12-16(10-7-11-17(12)23(25)26)19(24)20-18-13(2)21-22(14(18)3)15-8-5-4-6-9-15/h4-11H,1-3H3,(H,20,24). The molecule has 0 radical (unpaired) electrons. The van der Waals surface area contributed by atoms with Gasteiger partial charge in [0.2, 0.25) is 0 Å². The first kappa shape index (κ1) is 17.3. The third-order valence-electron chi connectivity index (χ3n) is 4.28. The Morgan fingerprint density at radius 1 is 1.08 bits per heavy atom. The first-order valence-electron chi connectivity index (χ1n) is 8.07. The van der Waals surface area contributed by atoms with Crippen molar-refractivity contribution in [1.82, 2.24) is 9.78 Å². The average Bonchev–Trinajstić information content (AvgIpc) is 2.90. The molecule has 7 nitrogen and oxygen atoms in total. The number of nitro groups is 1. The van der Waals surface area contributed by atoms with Crippen LogP contribution in [0.1, 0.15) is 27.3 Å². The Hall–Kier alpha value is -3.48. The van der Waals surface area contributed by atoms with Gasteiger partial charge in [-0.15, -0.1) is 0 Å². The van der Waals surface area contributed by atoms with Gasteiger partial charge < -0.3 is 5.32 Å². The molecule has 26 heavy (non-hydrogen) atoms. The molecule has 0 bridgehead atoms. The number of rotatable bonds is 4. The van der Waals surface area contributed by atoms with Crippen molar-refractivity contribution in [3.63, 3.8) is 0 Å². The highest BCUT2D eigenvalue weighted by Gasteiger charge is 2.20. The van der Waals surface area contributed by atoms with Crippen LogP contribution in [-0.4, -0.2) is 20.6 Å². The molecule has 1 N–H and O–H groups in total. The minimum absolute atomic E-state index is 0.0777. The van der Waals surface area contributed by atoms with Crippen LogP contribution >= 0.6 is 0 Å². The third kappa shape index (κ3) is 3.06. The van der Waals surface area contributed by atoms with Crippen LogP contribution in [0.4, 0.5) is 11.4 Å². The van der Waals surface area contributed by atoms with E-state index in [1.807, 2.05) is 44.2 Å². The zero-order chi connectivity index (χ0) is 18.8. The van der Waals surface area contributed by atoms with E-state index in [2.05, 4.69) is 10.4 Å². The van der Waals surface area contributed by atoms with E-state index in [1.54, 1.807) is 17.7 Å². The lowest BCUT2D eigenvalue weighted by molar-refractivity contribution is -0.385. The van der Waals surface area contributed by atoms with E-state index >= 15 is 0 Å². The van der Waals surface area contributed by atoms with Crippen molar-refractivity contribution in [2.24, 2.45) is 0 Å². The van der Waals surface area contributed by atoms with E-state index in [1.165, 1.54) is 12.1 Å². The zero-order valence-electron chi connectivity index (χ0n) is 14.7. The fourth-order valence-corrected chi connectivity index (χ4v) is 2.89. The quantitative estimate of drug-likeness (QED) is 0.570. The van der Waals surface area contributed by atoms with Gasteiger partial charge in [-0.2, -0.15) is 5.10 Å². The number of para-hydroxylation sites is 1. The predicted molar refractivity (Wildman–Crippen MR) is 98.8 cm³/mol. The SMILES string of the molecule is Cc1nn(-c2ccccc2)c(C)c1NC(=O)c1cccc([N+](=O)[O-])c1C. The number of hydrogen-bond donors (Lipinski definition) is 1. The molecule has 132 valence electrons. The predicted octanol–water partition coefficient (Wildman–Crippen LogP) is 3.96. The largest absolute Gasteiger partial charge is 0.319 e. The van der Waals surface area contributed by atoms with Crippen molar-refractivity contribution in [1.29, 1.82) is 0 Å². The molecule has 0 aliphatic carbocycles.